The molecule has 1 aliphatic carbocycles. The van der Waals surface area contributed by atoms with Crippen molar-refractivity contribution in [1.82, 2.24) is 4.57 Å². The number of aryl methyl sites for hydroxylation is 2. The molecular formula is C18H17NO2. The second-order valence-electron chi connectivity index (χ2n) is 6.11. The molecule has 0 atom stereocenters. The van der Waals surface area contributed by atoms with E-state index in [-0.39, 0.29) is 17.4 Å². The molecule has 2 aromatic carbocycles. The Labute approximate surface area is 122 Å². The molecular weight excluding hydrogens is 262 g/mol. The van der Waals surface area contributed by atoms with Gasteiger partial charge in [0.25, 0.3) is 5.56 Å². The van der Waals surface area contributed by atoms with Gasteiger partial charge in [0.05, 0.1) is 5.52 Å². The van der Waals surface area contributed by atoms with Crippen LogP contribution in [0.25, 0.3) is 21.7 Å². The van der Waals surface area contributed by atoms with Gasteiger partial charge in [0.2, 0.25) is 0 Å². The second kappa shape index (κ2) is 4.10. The highest BCUT2D eigenvalue weighted by atomic mass is 16.3. The maximum absolute atomic E-state index is 12.9. The lowest BCUT2D eigenvalue weighted by Gasteiger charge is -2.14. The minimum atomic E-state index is 0.0620. The van der Waals surface area contributed by atoms with Crippen molar-refractivity contribution in [3.63, 3.8) is 0 Å². The van der Waals surface area contributed by atoms with Crippen molar-refractivity contribution in [2.75, 3.05) is 0 Å². The van der Waals surface area contributed by atoms with Crippen molar-refractivity contribution in [1.29, 1.82) is 0 Å². The fourth-order valence-electron chi connectivity index (χ4n) is 3.10. The summed E-state index contributed by atoms with van der Waals surface area (Å²) in [6.45, 7) is 3.90. The van der Waals surface area contributed by atoms with E-state index < -0.39 is 0 Å². The zero-order valence-corrected chi connectivity index (χ0v) is 12.2. The predicted molar refractivity (Wildman–Crippen MR) is 85.1 cm³/mol. The van der Waals surface area contributed by atoms with Crippen molar-refractivity contribution in [2.24, 2.45) is 0 Å². The first-order valence-electron chi connectivity index (χ1n) is 7.34. The summed E-state index contributed by atoms with van der Waals surface area (Å²) in [5.74, 6) is 0.253. The zero-order valence-electron chi connectivity index (χ0n) is 12.2. The normalized spacial score (nSPS) is 15.0. The second-order valence-corrected chi connectivity index (χ2v) is 6.11. The standard InChI is InChI=1S/C18H17NO2/c1-10-3-6-13-14-8-11(2)17(20)9-16(14)19(12-4-5-12)18(21)15(13)7-10/h3,6-9,12,20H,4-5H2,1-2H3. The average molecular weight is 279 g/mol. The van der Waals surface area contributed by atoms with Crippen LogP contribution in [0.4, 0.5) is 0 Å². The molecule has 0 bridgehead atoms. The fourth-order valence-corrected chi connectivity index (χ4v) is 3.10. The molecule has 0 amide bonds. The summed E-state index contributed by atoms with van der Waals surface area (Å²) in [4.78, 5) is 12.9. The van der Waals surface area contributed by atoms with Crippen LogP contribution in [0.15, 0.2) is 35.1 Å². The summed E-state index contributed by atoms with van der Waals surface area (Å²) < 4.78 is 1.87. The van der Waals surface area contributed by atoms with Gasteiger partial charge < -0.3 is 9.67 Å². The van der Waals surface area contributed by atoms with Gasteiger partial charge in [0.1, 0.15) is 5.75 Å². The number of phenols is 1. The van der Waals surface area contributed by atoms with E-state index >= 15 is 0 Å². The third kappa shape index (κ3) is 1.77. The van der Waals surface area contributed by atoms with Gasteiger partial charge in [-0.15, -0.1) is 0 Å². The molecule has 3 aromatic rings. The van der Waals surface area contributed by atoms with Gasteiger partial charge in [-0.1, -0.05) is 17.7 Å². The Bertz CT molecular complexity index is 949. The number of pyridine rings is 1. The molecule has 0 radical (unpaired) electrons. The van der Waals surface area contributed by atoms with Gasteiger partial charge in [-0.2, -0.15) is 0 Å². The minimum absolute atomic E-state index is 0.0620. The van der Waals surface area contributed by atoms with Gasteiger partial charge in [0, 0.05) is 22.9 Å². The van der Waals surface area contributed by atoms with Gasteiger partial charge in [0.15, 0.2) is 0 Å². The summed E-state index contributed by atoms with van der Waals surface area (Å²) >= 11 is 0. The van der Waals surface area contributed by atoms with E-state index in [1.165, 1.54) is 0 Å². The highest BCUT2D eigenvalue weighted by Gasteiger charge is 2.27. The number of nitrogens with zero attached hydrogens (tertiary/aromatic N) is 1. The van der Waals surface area contributed by atoms with Gasteiger partial charge in [-0.05, 0) is 49.8 Å². The van der Waals surface area contributed by atoms with E-state index in [9.17, 15) is 9.90 Å². The van der Waals surface area contributed by atoms with Crippen LogP contribution in [0.3, 0.4) is 0 Å². The maximum atomic E-state index is 12.9. The van der Waals surface area contributed by atoms with Crippen LogP contribution in [0, 0.1) is 13.8 Å². The third-order valence-electron chi connectivity index (χ3n) is 4.40. The topological polar surface area (TPSA) is 42.2 Å². The van der Waals surface area contributed by atoms with Crippen LogP contribution < -0.4 is 5.56 Å². The molecule has 1 saturated carbocycles. The molecule has 0 saturated heterocycles. The molecule has 1 aromatic heterocycles. The van der Waals surface area contributed by atoms with Crippen molar-refractivity contribution < 1.29 is 5.11 Å². The lowest BCUT2D eigenvalue weighted by Crippen LogP contribution is -2.20. The van der Waals surface area contributed by atoms with E-state index in [0.29, 0.717) is 0 Å². The molecule has 0 unspecified atom stereocenters. The number of aromatic nitrogens is 1. The first kappa shape index (κ1) is 12.5. The molecule has 1 fully saturated rings. The monoisotopic (exact) mass is 279 g/mol. The SMILES string of the molecule is Cc1ccc2c(c1)c(=O)n(C1CC1)c1cc(O)c(C)cc21. The smallest absolute Gasteiger partial charge is 0.259 e. The van der Waals surface area contributed by atoms with E-state index in [4.69, 9.17) is 0 Å². The minimum Gasteiger partial charge on any atom is -0.508 e. The Morgan fingerprint density at radius 3 is 2.52 bits per heavy atom. The van der Waals surface area contributed by atoms with Crippen molar-refractivity contribution in [3.8, 4) is 5.75 Å². The predicted octanol–water partition coefficient (Wildman–Crippen LogP) is 3.81. The first-order valence-corrected chi connectivity index (χ1v) is 7.34. The van der Waals surface area contributed by atoms with E-state index in [1.54, 1.807) is 6.07 Å². The largest absolute Gasteiger partial charge is 0.508 e. The summed E-state index contributed by atoms with van der Waals surface area (Å²) in [7, 11) is 0. The highest BCUT2D eigenvalue weighted by Crippen LogP contribution is 2.38. The molecule has 3 nitrogen and oxygen atoms in total. The number of rotatable bonds is 1. The summed E-state index contributed by atoms with van der Waals surface area (Å²) in [5.41, 5.74) is 2.84. The van der Waals surface area contributed by atoms with Crippen LogP contribution in [0.1, 0.15) is 30.0 Å². The number of hydrogen-bond donors (Lipinski definition) is 1. The lowest BCUT2D eigenvalue weighted by atomic mass is 10.0. The highest BCUT2D eigenvalue weighted by molar-refractivity contribution is 6.06. The summed E-state index contributed by atoms with van der Waals surface area (Å²) in [5, 5.41) is 12.8. The molecule has 4 rings (SSSR count). The van der Waals surface area contributed by atoms with E-state index in [2.05, 4.69) is 0 Å². The molecule has 21 heavy (non-hydrogen) atoms. The Balaban J connectivity index is 2.29. The number of hydrogen-bond acceptors (Lipinski definition) is 2. The Morgan fingerprint density at radius 2 is 1.81 bits per heavy atom. The zero-order chi connectivity index (χ0) is 14.7. The number of aromatic hydroxyl groups is 1. The number of benzene rings is 2. The quantitative estimate of drug-likeness (QED) is 0.688. The molecule has 0 spiro atoms. The van der Waals surface area contributed by atoms with Crippen LogP contribution >= 0.6 is 0 Å². The summed E-state index contributed by atoms with van der Waals surface area (Å²) in [6, 6.07) is 10.0. The van der Waals surface area contributed by atoms with Crippen LogP contribution in [-0.2, 0) is 0 Å². The van der Waals surface area contributed by atoms with Crippen LogP contribution in [0.2, 0.25) is 0 Å². The van der Waals surface area contributed by atoms with Gasteiger partial charge in [-0.25, -0.2) is 0 Å². The average Bonchev–Trinajstić information content (AvgIpc) is 3.26. The van der Waals surface area contributed by atoms with Crippen molar-refractivity contribution >= 4 is 21.7 Å². The van der Waals surface area contributed by atoms with Crippen LogP contribution in [-0.4, -0.2) is 9.67 Å². The van der Waals surface area contributed by atoms with Gasteiger partial charge in [-0.3, -0.25) is 4.79 Å². The first-order chi connectivity index (χ1) is 10.1. The fraction of sp³-hybridized carbons (Fsp3) is 0.278. The lowest BCUT2D eigenvalue weighted by molar-refractivity contribution is 0.471. The van der Waals surface area contributed by atoms with Gasteiger partial charge >= 0.3 is 0 Å². The van der Waals surface area contributed by atoms with E-state index in [0.717, 1.165) is 45.6 Å². The molecule has 0 aliphatic heterocycles. The molecule has 1 aliphatic rings. The molecule has 1 heterocycles. The third-order valence-corrected chi connectivity index (χ3v) is 4.40. The molecule has 1 N–H and O–H groups in total. The van der Waals surface area contributed by atoms with Crippen LogP contribution in [0.5, 0.6) is 5.75 Å². The summed E-state index contributed by atoms with van der Waals surface area (Å²) in [6.07, 6.45) is 2.09. The number of phenolic OH excluding ortho intramolecular Hbond substituents is 1. The Morgan fingerprint density at radius 1 is 1.05 bits per heavy atom. The Hall–Kier alpha value is -2.29. The molecule has 106 valence electrons. The van der Waals surface area contributed by atoms with Crippen molar-refractivity contribution in [2.45, 2.75) is 32.7 Å². The Kier molecular flexibility index (Phi) is 2.43. The maximum Gasteiger partial charge on any atom is 0.259 e. The van der Waals surface area contributed by atoms with E-state index in [1.807, 2.05) is 42.7 Å². The van der Waals surface area contributed by atoms with Crippen molar-refractivity contribution in [3.05, 3.63) is 51.8 Å². The molecule has 3 heteroatoms. The number of fused-ring (bicyclic) bond motifs is 3.